The van der Waals surface area contributed by atoms with Gasteiger partial charge >= 0.3 is 12.1 Å². The quantitative estimate of drug-likeness (QED) is 0.324. The SMILES string of the molecule is CCCCC(=O)OCN(C(=O)OC)c1ccc(OCc2nc3ccccc3s2)cc1C. The van der Waals surface area contributed by atoms with Crippen LogP contribution >= 0.6 is 11.3 Å². The van der Waals surface area contributed by atoms with Gasteiger partial charge in [-0.3, -0.25) is 4.79 Å². The molecule has 1 aromatic heterocycles. The number of rotatable bonds is 9. The van der Waals surface area contributed by atoms with E-state index in [1.54, 1.807) is 23.5 Å². The van der Waals surface area contributed by atoms with Gasteiger partial charge in [0.1, 0.15) is 17.4 Å². The van der Waals surface area contributed by atoms with E-state index in [4.69, 9.17) is 14.2 Å². The summed E-state index contributed by atoms with van der Waals surface area (Å²) < 4.78 is 17.1. The van der Waals surface area contributed by atoms with E-state index >= 15 is 0 Å². The lowest BCUT2D eigenvalue weighted by Gasteiger charge is -2.23. The van der Waals surface area contributed by atoms with E-state index in [1.807, 2.05) is 44.2 Å². The number of methoxy groups -OCH3 is 1. The van der Waals surface area contributed by atoms with Crippen molar-refractivity contribution in [1.29, 1.82) is 0 Å². The molecule has 0 fully saturated rings. The smallest absolute Gasteiger partial charge is 0.416 e. The van der Waals surface area contributed by atoms with E-state index in [0.29, 0.717) is 24.5 Å². The van der Waals surface area contributed by atoms with E-state index in [-0.39, 0.29) is 12.7 Å². The minimum absolute atomic E-state index is 0.206. The van der Waals surface area contributed by atoms with Crippen LogP contribution in [-0.2, 0) is 20.9 Å². The number of hydrogen-bond donors (Lipinski definition) is 0. The first-order chi connectivity index (χ1) is 15.0. The Morgan fingerprint density at radius 2 is 1.97 bits per heavy atom. The third kappa shape index (κ3) is 5.95. The number of aryl methyl sites for hydroxylation is 1. The molecular formula is C23H26N2O5S. The van der Waals surface area contributed by atoms with Gasteiger partial charge in [-0.1, -0.05) is 25.5 Å². The number of esters is 1. The Hall–Kier alpha value is -3.13. The molecule has 0 saturated heterocycles. The van der Waals surface area contributed by atoms with Crippen LogP contribution in [0.3, 0.4) is 0 Å². The van der Waals surface area contributed by atoms with Crippen molar-refractivity contribution in [3.63, 3.8) is 0 Å². The highest BCUT2D eigenvalue weighted by atomic mass is 32.1. The summed E-state index contributed by atoms with van der Waals surface area (Å²) in [6.45, 7) is 4.00. The lowest BCUT2D eigenvalue weighted by molar-refractivity contribution is -0.143. The summed E-state index contributed by atoms with van der Waals surface area (Å²) in [7, 11) is 1.29. The number of fused-ring (bicyclic) bond motifs is 1. The maximum absolute atomic E-state index is 12.2. The molecule has 164 valence electrons. The van der Waals surface area contributed by atoms with Gasteiger partial charge in [-0.15, -0.1) is 11.3 Å². The molecule has 31 heavy (non-hydrogen) atoms. The number of anilines is 1. The van der Waals surface area contributed by atoms with Gasteiger partial charge in [-0.2, -0.15) is 0 Å². The molecular weight excluding hydrogens is 416 g/mol. The number of para-hydroxylation sites is 1. The van der Waals surface area contributed by atoms with E-state index in [2.05, 4.69) is 4.98 Å². The first kappa shape index (κ1) is 22.6. The molecule has 0 aliphatic heterocycles. The third-order valence-electron chi connectivity index (χ3n) is 4.64. The number of carbonyl (C=O) groups is 2. The van der Waals surface area contributed by atoms with Gasteiger partial charge in [0.05, 0.1) is 23.0 Å². The van der Waals surface area contributed by atoms with Crippen molar-refractivity contribution in [1.82, 2.24) is 4.98 Å². The zero-order valence-electron chi connectivity index (χ0n) is 17.9. The second-order valence-electron chi connectivity index (χ2n) is 6.96. The topological polar surface area (TPSA) is 78.0 Å². The molecule has 0 spiro atoms. The lowest BCUT2D eigenvalue weighted by atomic mass is 10.2. The molecule has 1 heterocycles. The van der Waals surface area contributed by atoms with Crippen LogP contribution in [0.4, 0.5) is 10.5 Å². The number of amides is 1. The normalized spacial score (nSPS) is 10.7. The number of nitrogens with zero attached hydrogens (tertiary/aromatic N) is 2. The first-order valence-electron chi connectivity index (χ1n) is 10.1. The third-order valence-corrected chi connectivity index (χ3v) is 5.65. The number of unbranched alkanes of at least 4 members (excludes halogenated alkanes) is 1. The number of thiazole rings is 1. The Balaban J connectivity index is 1.67. The number of carbonyl (C=O) groups excluding carboxylic acids is 2. The number of benzene rings is 2. The zero-order chi connectivity index (χ0) is 22.2. The highest BCUT2D eigenvalue weighted by Crippen LogP contribution is 2.27. The van der Waals surface area contributed by atoms with Crippen LogP contribution in [0.2, 0.25) is 0 Å². The highest BCUT2D eigenvalue weighted by molar-refractivity contribution is 7.18. The van der Waals surface area contributed by atoms with Crippen LogP contribution in [0.5, 0.6) is 5.75 Å². The van der Waals surface area contributed by atoms with Gasteiger partial charge in [0.15, 0.2) is 6.73 Å². The summed E-state index contributed by atoms with van der Waals surface area (Å²) in [4.78, 5) is 29.9. The summed E-state index contributed by atoms with van der Waals surface area (Å²) in [5.41, 5.74) is 2.33. The van der Waals surface area contributed by atoms with Crippen molar-refractivity contribution >= 4 is 39.3 Å². The number of ether oxygens (including phenoxy) is 3. The average Bonchev–Trinajstić information content (AvgIpc) is 3.20. The van der Waals surface area contributed by atoms with Crippen molar-refractivity contribution in [2.24, 2.45) is 0 Å². The molecule has 0 aliphatic rings. The molecule has 0 aliphatic carbocycles. The minimum Gasteiger partial charge on any atom is -0.486 e. The Morgan fingerprint density at radius 3 is 2.68 bits per heavy atom. The Morgan fingerprint density at radius 1 is 1.16 bits per heavy atom. The number of aromatic nitrogens is 1. The molecule has 1 amide bonds. The highest BCUT2D eigenvalue weighted by Gasteiger charge is 2.20. The molecule has 8 heteroatoms. The monoisotopic (exact) mass is 442 g/mol. The fraction of sp³-hybridized carbons (Fsp3) is 0.348. The van der Waals surface area contributed by atoms with E-state index in [1.165, 1.54) is 12.0 Å². The first-order valence-corrected chi connectivity index (χ1v) is 10.9. The van der Waals surface area contributed by atoms with Crippen molar-refractivity contribution in [3.05, 3.63) is 53.0 Å². The van der Waals surface area contributed by atoms with Crippen LogP contribution in [0.25, 0.3) is 10.2 Å². The van der Waals surface area contributed by atoms with Crippen LogP contribution < -0.4 is 9.64 Å². The molecule has 2 aromatic carbocycles. The molecule has 0 N–H and O–H groups in total. The molecule has 3 aromatic rings. The van der Waals surface area contributed by atoms with Crippen molar-refractivity contribution in [3.8, 4) is 5.75 Å². The van der Waals surface area contributed by atoms with Gasteiger partial charge in [0.25, 0.3) is 0 Å². The van der Waals surface area contributed by atoms with Crippen molar-refractivity contribution in [2.45, 2.75) is 39.7 Å². The Bertz CT molecular complexity index is 1020. The van der Waals surface area contributed by atoms with Gasteiger partial charge < -0.3 is 14.2 Å². The van der Waals surface area contributed by atoms with E-state index in [0.717, 1.165) is 33.6 Å². The Labute approximate surface area is 185 Å². The van der Waals surface area contributed by atoms with Gasteiger partial charge in [0, 0.05) is 6.42 Å². The van der Waals surface area contributed by atoms with E-state index in [9.17, 15) is 9.59 Å². The molecule has 0 unspecified atom stereocenters. The standard InChI is InChI=1S/C23H26N2O5S/c1-4-5-10-22(26)30-15-25(23(27)28-3)19-12-11-17(13-16(19)2)29-14-21-24-18-8-6-7-9-20(18)31-21/h6-9,11-13H,4-5,10,14-15H2,1-3H3. The second-order valence-corrected chi connectivity index (χ2v) is 8.07. The molecule has 0 saturated carbocycles. The molecule has 0 bridgehead atoms. The summed E-state index contributed by atoms with van der Waals surface area (Å²) in [6, 6.07) is 13.3. The van der Waals surface area contributed by atoms with Gasteiger partial charge in [-0.05, 0) is 49.2 Å². The number of hydrogen-bond acceptors (Lipinski definition) is 7. The molecule has 7 nitrogen and oxygen atoms in total. The zero-order valence-corrected chi connectivity index (χ0v) is 18.7. The fourth-order valence-electron chi connectivity index (χ4n) is 3.01. The van der Waals surface area contributed by atoms with Crippen LogP contribution in [0.15, 0.2) is 42.5 Å². The van der Waals surface area contributed by atoms with Crippen molar-refractivity contribution in [2.75, 3.05) is 18.7 Å². The summed E-state index contributed by atoms with van der Waals surface area (Å²) in [5, 5.41) is 0.887. The fourth-order valence-corrected chi connectivity index (χ4v) is 3.89. The van der Waals surface area contributed by atoms with Crippen molar-refractivity contribution < 1.29 is 23.8 Å². The second kappa shape index (κ2) is 10.8. The summed E-state index contributed by atoms with van der Waals surface area (Å²) in [5.74, 6) is 0.314. The molecule has 0 radical (unpaired) electrons. The average molecular weight is 443 g/mol. The van der Waals surface area contributed by atoms with Crippen LogP contribution in [-0.4, -0.2) is 30.9 Å². The minimum atomic E-state index is -0.602. The van der Waals surface area contributed by atoms with Gasteiger partial charge in [0.2, 0.25) is 0 Å². The predicted octanol–water partition coefficient (Wildman–Crippen LogP) is 5.45. The van der Waals surface area contributed by atoms with Crippen LogP contribution in [0, 0.1) is 6.92 Å². The maximum Gasteiger partial charge on any atom is 0.416 e. The predicted molar refractivity (Wildman–Crippen MR) is 120 cm³/mol. The lowest BCUT2D eigenvalue weighted by Crippen LogP contribution is -2.34. The van der Waals surface area contributed by atoms with Gasteiger partial charge in [-0.25, -0.2) is 14.7 Å². The van der Waals surface area contributed by atoms with E-state index < -0.39 is 6.09 Å². The molecule has 3 rings (SSSR count). The largest absolute Gasteiger partial charge is 0.486 e. The summed E-state index contributed by atoms with van der Waals surface area (Å²) >= 11 is 1.60. The maximum atomic E-state index is 12.2. The summed E-state index contributed by atoms with van der Waals surface area (Å²) in [6.07, 6.45) is 1.36. The Kier molecular flexibility index (Phi) is 7.83. The molecule has 0 atom stereocenters. The van der Waals surface area contributed by atoms with Crippen LogP contribution in [0.1, 0.15) is 36.8 Å².